The predicted molar refractivity (Wildman–Crippen MR) is 147 cm³/mol. The van der Waals surface area contributed by atoms with Gasteiger partial charge in [-0.15, -0.1) is 0 Å². The fraction of sp³-hybridized carbons (Fsp3) is 0.464. The van der Waals surface area contributed by atoms with Gasteiger partial charge in [-0.1, -0.05) is 36.8 Å². The summed E-state index contributed by atoms with van der Waals surface area (Å²) in [5.74, 6) is -1.51. The van der Waals surface area contributed by atoms with Gasteiger partial charge < -0.3 is 14.7 Å². The van der Waals surface area contributed by atoms with Crippen molar-refractivity contribution in [1.29, 1.82) is 0 Å². The van der Waals surface area contributed by atoms with Gasteiger partial charge in [-0.05, 0) is 61.4 Å². The zero-order valence-electron chi connectivity index (χ0n) is 22.3. The van der Waals surface area contributed by atoms with E-state index in [0.717, 1.165) is 24.2 Å². The number of nitrogens with one attached hydrogen (secondary N) is 1. The van der Waals surface area contributed by atoms with Gasteiger partial charge in [0.2, 0.25) is 15.9 Å². The molecule has 1 aromatic carbocycles. The number of carbonyl (C=O) groups excluding carboxylic acids is 2. The summed E-state index contributed by atoms with van der Waals surface area (Å²) in [5, 5.41) is 9.70. The number of carbonyl (C=O) groups is 3. The first-order valence-corrected chi connectivity index (χ1v) is 14.3. The van der Waals surface area contributed by atoms with Crippen LogP contribution in [0.5, 0.6) is 5.75 Å². The molecule has 0 aromatic heterocycles. The van der Waals surface area contributed by atoms with E-state index in [0.29, 0.717) is 18.4 Å². The molecule has 1 aliphatic rings. The Bertz CT molecular complexity index is 1170. The molecule has 0 bridgehead atoms. The van der Waals surface area contributed by atoms with Crippen LogP contribution in [-0.2, 0) is 24.4 Å². The fourth-order valence-electron chi connectivity index (χ4n) is 3.94. The molecule has 0 fully saturated rings. The van der Waals surface area contributed by atoms with E-state index < -0.39 is 21.9 Å². The first-order valence-electron chi connectivity index (χ1n) is 12.7. The van der Waals surface area contributed by atoms with E-state index in [1.165, 1.54) is 17.1 Å². The van der Waals surface area contributed by atoms with E-state index in [1.54, 1.807) is 21.2 Å². The molecule has 0 saturated heterocycles. The number of benzene rings is 1. The summed E-state index contributed by atoms with van der Waals surface area (Å²) in [6, 6.07) is 7.69. The highest BCUT2D eigenvalue weighted by Crippen LogP contribution is 2.24. The number of ether oxygens (including phenoxy) is 1. The van der Waals surface area contributed by atoms with Crippen molar-refractivity contribution in [2.45, 2.75) is 51.4 Å². The Morgan fingerprint density at radius 2 is 1.87 bits per heavy atom. The minimum Gasteiger partial charge on any atom is -0.497 e. The summed E-state index contributed by atoms with van der Waals surface area (Å²) in [7, 11) is 1.13. The van der Waals surface area contributed by atoms with Crippen LogP contribution < -0.4 is 9.46 Å². The molecule has 1 amide bonds. The second-order valence-electron chi connectivity index (χ2n) is 9.47. The van der Waals surface area contributed by atoms with Gasteiger partial charge in [0, 0.05) is 32.6 Å². The van der Waals surface area contributed by atoms with Crippen molar-refractivity contribution in [3.05, 3.63) is 59.3 Å². The van der Waals surface area contributed by atoms with Gasteiger partial charge in [0.15, 0.2) is 5.78 Å². The molecule has 0 radical (unpaired) electrons. The molecule has 1 aromatic rings. The maximum atomic E-state index is 12.4. The van der Waals surface area contributed by atoms with Crippen molar-refractivity contribution < 1.29 is 32.6 Å². The maximum Gasteiger partial charge on any atom is 0.306 e. The van der Waals surface area contributed by atoms with E-state index in [9.17, 15) is 27.9 Å². The molecule has 0 heterocycles. The van der Waals surface area contributed by atoms with Crippen LogP contribution in [0.1, 0.15) is 56.9 Å². The van der Waals surface area contributed by atoms with E-state index in [4.69, 9.17) is 4.74 Å². The second kappa shape index (κ2) is 15.1. The smallest absolute Gasteiger partial charge is 0.306 e. The van der Waals surface area contributed by atoms with Crippen molar-refractivity contribution in [3.63, 3.8) is 0 Å². The zero-order chi connectivity index (χ0) is 28.1. The molecule has 0 aliphatic heterocycles. The number of unbranched alkanes of at least 4 members (excludes halogenated alkanes) is 2. The molecule has 1 atom stereocenters. The van der Waals surface area contributed by atoms with Gasteiger partial charge in [-0.3, -0.25) is 19.1 Å². The Morgan fingerprint density at radius 1 is 1.16 bits per heavy atom. The van der Waals surface area contributed by atoms with Crippen LogP contribution in [0, 0.1) is 5.92 Å². The largest absolute Gasteiger partial charge is 0.497 e. The highest BCUT2D eigenvalue weighted by atomic mass is 32.2. The number of carboxylic acid groups (broad SMARTS) is 1. The minimum atomic E-state index is -3.71. The molecular weight excluding hydrogens is 508 g/mol. The molecule has 208 valence electrons. The predicted octanol–water partition coefficient (Wildman–Crippen LogP) is 3.93. The van der Waals surface area contributed by atoms with Crippen molar-refractivity contribution in [2.24, 2.45) is 5.92 Å². The lowest BCUT2D eigenvalue weighted by Gasteiger charge is -2.18. The summed E-state index contributed by atoms with van der Waals surface area (Å²) in [6.45, 7) is 0. The standard InChI is InChI=1S/C28H38N2O7S/c1-30(2)27(32)11-8-18-38(35,36)29-24-14-17-26(31)23(20-24)19-22(28(33)34)10-7-5-4-6-9-21-12-15-25(37-3)16-13-21/h6,9,12-16,20,22,29H,4-5,7-8,10-11,17-19H2,1-3H3,(H,33,34)/b9-6+. The highest BCUT2D eigenvalue weighted by Gasteiger charge is 2.24. The quantitative estimate of drug-likeness (QED) is 0.301. The van der Waals surface area contributed by atoms with Crippen LogP contribution in [0.15, 0.2) is 53.8 Å². The Balaban J connectivity index is 1.85. The summed E-state index contributed by atoms with van der Waals surface area (Å²) in [4.78, 5) is 37.3. The molecule has 0 spiro atoms. The molecule has 38 heavy (non-hydrogen) atoms. The van der Waals surface area contributed by atoms with Crippen LogP contribution in [0.2, 0.25) is 0 Å². The average Bonchev–Trinajstić information content (AvgIpc) is 2.86. The number of nitrogens with zero attached hydrogens (tertiary/aromatic N) is 1. The molecule has 0 saturated carbocycles. The van der Waals surface area contributed by atoms with Gasteiger partial charge >= 0.3 is 5.97 Å². The van der Waals surface area contributed by atoms with Gasteiger partial charge in [0.25, 0.3) is 0 Å². The van der Waals surface area contributed by atoms with E-state index in [1.807, 2.05) is 36.4 Å². The van der Waals surface area contributed by atoms with Gasteiger partial charge in [0.05, 0.1) is 18.8 Å². The Hall–Kier alpha value is -3.40. The number of allylic oxidation sites excluding steroid dienone is 4. The Labute approximate surface area is 225 Å². The summed E-state index contributed by atoms with van der Waals surface area (Å²) < 4.78 is 32.4. The number of amides is 1. The number of ketones is 1. The average molecular weight is 547 g/mol. The fourth-order valence-corrected chi connectivity index (χ4v) is 5.07. The van der Waals surface area contributed by atoms with Gasteiger partial charge in [-0.25, -0.2) is 8.42 Å². The SMILES string of the molecule is COc1ccc(/C=C/CCCCC(CC2=CC(NS(=O)(=O)CCCC(=O)N(C)C)=CCC2=O)C(=O)O)cc1. The van der Waals surface area contributed by atoms with E-state index in [2.05, 4.69) is 4.72 Å². The molecule has 1 unspecified atom stereocenters. The Morgan fingerprint density at radius 3 is 2.50 bits per heavy atom. The molecular formula is C28H38N2O7S. The molecule has 1 aliphatic carbocycles. The molecule has 2 rings (SSSR count). The van der Waals surface area contributed by atoms with Crippen molar-refractivity contribution in [3.8, 4) is 5.75 Å². The lowest BCUT2D eigenvalue weighted by molar-refractivity contribution is -0.142. The van der Waals surface area contributed by atoms with Crippen LogP contribution in [-0.4, -0.2) is 63.0 Å². The van der Waals surface area contributed by atoms with Gasteiger partial charge in [0.1, 0.15) is 5.75 Å². The number of sulfonamides is 1. The third-order valence-corrected chi connectivity index (χ3v) is 7.56. The van der Waals surface area contributed by atoms with Crippen molar-refractivity contribution in [2.75, 3.05) is 27.0 Å². The summed E-state index contributed by atoms with van der Waals surface area (Å²) in [5.41, 5.74) is 1.62. The molecule has 9 nitrogen and oxygen atoms in total. The lowest BCUT2D eigenvalue weighted by Crippen LogP contribution is -2.28. The van der Waals surface area contributed by atoms with Crippen LogP contribution in [0.3, 0.4) is 0 Å². The van der Waals surface area contributed by atoms with Crippen LogP contribution in [0.25, 0.3) is 6.08 Å². The molecule has 10 heteroatoms. The van der Waals surface area contributed by atoms with Crippen LogP contribution >= 0.6 is 0 Å². The minimum absolute atomic E-state index is 0.00525. The third kappa shape index (κ3) is 10.9. The number of rotatable bonds is 16. The highest BCUT2D eigenvalue weighted by molar-refractivity contribution is 7.89. The normalized spacial score (nSPS) is 14.6. The summed E-state index contributed by atoms with van der Waals surface area (Å²) >= 11 is 0. The summed E-state index contributed by atoms with van der Waals surface area (Å²) in [6.07, 6.45) is 10.0. The van der Waals surface area contributed by atoms with Crippen molar-refractivity contribution >= 4 is 33.8 Å². The van der Waals surface area contributed by atoms with E-state index in [-0.39, 0.29) is 48.8 Å². The van der Waals surface area contributed by atoms with Crippen molar-refractivity contribution in [1.82, 2.24) is 9.62 Å². The number of methoxy groups -OCH3 is 1. The van der Waals surface area contributed by atoms with E-state index >= 15 is 0 Å². The number of aliphatic carboxylic acids is 1. The maximum absolute atomic E-state index is 12.4. The number of hydrogen-bond acceptors (Lipinski definition) is 6. The first kappa shape index (κ1) is 30.8. The lowest BCUT2D eigenvalue weighted by atomic mass is 9.89. The second-order valence-corrected chi connectivity index (χ2v) is 11.3. The molecule has 2 N–H and O–H groups in total. The number of hydrogen-bond donors (Lipinski definition) is 2. The number of carboxylic acids is 1. The van der Waals surface area contributed by atoms with Gasteiger partial charge in [-0.2, -0.15) is 0 Å². The van der Waals surface area contributed by atoms with Crippen LogP contribution in [0.4, 0.5) is 0 Å². The first-order chi connectivity index (χ1) is 18.0. The Kier molecular flexibility index (Phi) is 12.3. The zero-order valence-corrected chi connectivity index (χ0v) is 23.1. The monoisotopic (exact) mass is 546 g/mol. The number of Topliss-reactive ketones (excluding diaryl/α,β-unsaturated/α-hetero) is 1. The third-order valence-electron chi connectivity index (χ3n) is 6.19. The topological polar surface area (TPSA) is 130 Å².